The average Bonchev–Trinajstić information content (AvgIpc) is 2.43. The summed E-state index contributed by atoms with van der Waals surface area (Å²) in [7, 11) is 0. The monoisotopic (exact) mass is 308 g/mol. The molecule has 0 amide bonds. The first-order chi connectivity index (χ1) is 9.93. The number of rotatable bonds is 4. The molecule has 2 N–H and O–H groups in total. The van der Waals surface area contributed by atoms with Crippen LogP contribution < -0.4 is 0 Å². The van der Waals surface area contributed by atoms with Crippen molar-refractivity contribution in [2.24, 2.45) is 0 Å². The van der Waals surface area contributed by atoms with E-state index in [1.165, 1.54) is 24.3 Å². The fourth-order valence-electron chi connectivity index (χ4n) is 2.09. The highest BCUT2D eigenvalue weighted by Crippen LogP contribution is 2.29. The molecule has 2 aromatic carbocycles. The molecule has 0 aliphatic carbocycles. The fraction of sp³-hybridized carbons (Fsp3) is 0.188. The molecule has 110 valence electrons. The van der Waals surface area contributed by atoms with Crippen LogP contribution in [0.25, 0.3) is 0 Å². The summed E-state index contributed by atoms with van der Waals surface area (Å²) < 4.78 is 13.7. The van der Waals surface area contributed by atoms with Crippen LogP contribution in [0.1, 0.15) is 28.4 Å². The summed E-state index contributed by atoms with van der Waals surface area (Å²) in [5, 5.41) is 19.6. The Balaban J connectivity index is 2.37. The topological polar surface area (TPSA) is 57.5 Å². The number of hydrogen-bond acceptors (Lipinski definition) is 3. The summed E-state index contributed by atoms with van der Waals surface area (Å²) in [6.45, 7) is 1.81. The molecule has 0 fully saturated rings. The van der Waals surface area contributed by atoms with Gasteiger partial charge < -0.3 is 10.2 Å². The summed E-state index contributed by atoms with van der Waals surface area (Å²) in [6, 6.07) is 6.72. The van der Waals surface area contributed by atoms with Crippen molar-refractivity contribution in [1.29, 1.82) is 0 Å². The van der Waals surface area contributed by atoms with Crippen molar-refractivity contribution < 1.29 is 19.4 Å². The number of phenolic OH excluding ortho intramolecular Hbond substituents is 2. The van der Waals surface area contributed by atoms with Crippen LogP contribution >= 0.6 is 11.6 Å². The zero-order chi connectivity index (χ0) is 15.6. The second-order valence-corrected chi connectivity index (χ2v) is 5.06. The van der Waals surface area contributed by atoms with E-state index in [1.807, 2.05) is 6.92 Å². The van der Waals surface area contributed by atoms with E-state index in [-0.39, 0.29) is 34.1 Å². The molecule has 0 bridgehead atoms. The minimum atomic E-state index is -0.565. The van der Waals surface area contributed by atoms with Crippen LogP contribution in [-0.4, -0.2) is 16.0 Å². The molecule has 0 aliphatic rings. The summed E-state index contributed by atoms with van der Waals surface area (Å²) in [4.78, 5) is 12.3. The van der Waals surface area contributed by atoms with E-state index in [0.717, 1.165) is 6.07 Å². The lowest BCUT2D eigenvalue weighted by atomic mass is 9.98. The lowest BCUT2D eigenvalue weighted by Crippen LogP contribution is -2.07. The van der Waals surface area contributed by atoms with Gasteiger partial charge in [-0.15, -0.1) is 0 Å². The van der Waals surface area contributed by atoms with Crippen molar-refractivity contribution in [2.75, 3.05) is 0 Å². The minimum absolute atomic E-state index is 0.0453. The summed E-state index contributed by atoms with van der Waals surface area (Å²) in [5.41, 5.74) is 0.675. The number of halogens is 2. The van der Waals surface area contributed by atoms with Gasteiger partial charge in [-0.05, 0) is 30.2 Å². The van der Waals surface area contributed by atoms with E-state index in [2.05, 4.69) is 0 Å². The highest BCUT2D eigenvalue weighted by molar-refractivity contribution is 6.31. The van der Waals surface area contributed by atoms with Gasteiger partial charge in [-0.2, -0.15) is 0 Å². The molecule has 0 radical (unpaired) electrons. The van der Waals surface area contributed by atoms with Gasteiger partial charge in [0.1, 0.15) is 17.3 Å². The Bertz CT molecular complexity index is 678. The molecule has 0 saturated carbocycles. The van der Waals surface area contributed by atoms with Crippen molar-refractivity contribution in [2.45, 2.75) is 19.8 Å². The maximum atomic E-state index is 13.7. The molecule has 0 aliphatic heterocycles. The molecule has 0 unspecified atom stereocenters. The van der Waals surface area contributed by atoms with Crippen LogP contribution in [0.5, 0.6) is 11.5 Å². The van der Waals surface area contributed by atoms with Crippen molar-refractivity contribution in [1.82, 2.24) is 0 Å². The van der Waals surface area contributed by atoms with Gasteiger partial charge >= 0.3 is 0 Å². The smallest absolute Gasteiger partial charge is 0.171 e. The van der Waals surface area contributed by atoms with Gasteiger partial charge in [0.25, 0.3) is 0 Å². The quantitative estimate of drug-likeness (QED) is 0.843. The van der Waals surface area contributed by atoms with Crippen LogP contribution in [0.3, 0.4) is 0 Å². The van der Waals surface area contributed by atoms with Gasteiger partial charge in [0, 0.05) is 23.1 Å². The molecule has 5 heteroatoms. The number of aryl methyl sites for hydroxylation is 1. The maximum absolute atomic E-state index is 13.7. The van der Waals surface area contributed by atoms with Gasteiger partial charge in [0.15, 0.2) is 5.78 Å². The molecule has 0 atom stereocenters. The Hall–Kier alpha value is -2.07. The molecule has 0 spiro atoms. The Kier molecular flexibility index (Phi) is 4.48. The van der Waals surface area contributed by atoms with Crippen molar-refractivity contribution >= 4 is 17.4 Å². The van der Waals surface area contributed by atoms with Gasteiger partial charge in [-0.3, -0.25) is 4.79 Å². The minimum Gasteiger partial charge on any atom is -0.508 e. The molecule has 3 nitrogen and oxygen atoms in total. The lowest BCUT2D eigenvalue weighted by Gasteiger charge is -2.09. The van der Waals surface area contributed by atoms with Gasteiger partial charge in [0.2, 0.25) is 0 Å². The standard InChI is InChI=1S/C16H14ClFO3/c1-2-9-6-11(16(21)8-14(9)19)15(20)7-10-12(17)4-3-5-13(10)18/h3-6,8,19,21H,2,7H2,1H3. The van der Waals surface area contributed by atoms with E-state index in [1.54, 1.807) is 0 Å². The number of benzene rings is 2. The highest BCUT2D eigenvalue weighted by Gasteiger charge is 2.18. The number of aromatic hydroxyl groups is 2. The molecule has 21 heavy (non-hydrogen) atoms. The van der Waals surface area contributed by atoms with Gasteiger partial charge in [0.05, 0.1) is 5.56 Å². The van der Waals surface area contributed by atoms with E-state index in [9.17, 15) is 19.4 Å². The first-order valence-electron chi connectivity index (χ1n) is 6.45. The lowest BCUT2D eigenvalue weighted by molar-refractivity contribution is 0.0989. The summed E-state index contributed by atoms with van der Waals surface area (Å²) in [5.74, 6) is -1.43. The Morgan fingerprint density at radius 2 is 1.95 bits per heavy atom. The predicted octanol–water partition coefficient (Wildman–Crippen LogP) is 3.88. The number of ketones is 1. The first-order valence-corrected chi connectivity index (χ1v) is 6.82. The third-order valence-electron chi connectivity index (χ3n) is 3.28. The second kappa shape index (κ2) is 6.14. The summed E-state index contributed by atoms with van der Waals surface area (Å²) in [6.07, 6.45) is 0.250. The van der Waals surface area contributed by atoms with Crippen LogP contribution in [0.4, 0.5) is 4.39 Å². The fourth-order valence-corrected chi connectivity index (χ4v) is 2.32. The normalized spacial score (nSPS) is 10.6. The van der Waals surface area contributed by atoms with Crippen molar-refractivity contribution in [3.8, 4) is 11.5 Å². The van der Waals surface area contributed by atoms with E-state index in [0.29, 0.717) is 12.0 Å². The zero-order valence-electron chi connectivity index (χ0n) is 11.4. The largest absolute Gasteiger partial charge is 0.508 e. The Morgan fingerprint density at radius 1 is 1.24 bits per heavy atom. The van der Waals surface area contributed by atoms with E-state index >= 15 is 0 Å². The number of Topliss-reactive ketones (excluding diaryl/α,β-unsaturated/α-hetero) is 1. The Morgan fingerprint density at radius 3 is 2.57 bits per heavy atom. The van der Waals surface area contributed by atoms with Gasteiger partial charge in [-0.25, -0.2) is 4.39 Å². The molecule has 0 saturated heterocycles. The predicted molar refractivity (Wildman–Crippen MR) is 78.6 cm³/mol. The molecule has 0 aromatic heterocycles. The molecule has 2 rings (SSSR count). The van der Waals surface area contributed by atoms with Crippen LogP contribution in [0, 0.1) is 5.82 Å². The molecule has 0 heterocycles. The molecule has 2 aromatic rings. The zero-order valence-corrected chi connectivity index (χ0v) is 12.1. The highest BCUT2D eigenvalue weighted by atomic mass is 35.5. The number of phenols is 2. The number of carbonyl (C=O) groups is 1. The van der Waals surface area contributed by atoms with E-state index < -0.39 is 11.6 Å². The van der Waals surface area contributed by atoms with Crippen molar-refractivity contribution in [3.63, 3.8) is 0 Å². The van der Waals surface area contributed by atoms with Crippen LogP contribution in [0.15, 0.2) is 30.3 Å². The number of carbonyl (C=O) groups excluding carboxylic acids is 1. The van der Waals surface area contributed by atoms with Crippen LogP contribution in [0.2, 0.25) is 5.02 Å². The van der Waals surface area contributed by atoms with E-state index in [4.69, 9.17) is 11.6 Å². The number of hydrogen-bond donors (Lipinski definition) is 2. The third kappa shape index (κ3) is 3.16. The van der Waals surface area contributed by atoms with Gasteiger partial charge in [-0.1, -0.05) is 24.6 Å². The van der Waals surface area contributed by atoms with Crippen molar-refractivity contribution in [3.05, 3.63) is 57.9 Å². The molecular weight excluding hydrogens is 295 g/mol. The van der Waals surface area contributed by atoms with Crippen LogP contribution in [-0.2, 0) is 12.8 Å². The maximum Gasteiger partial charge on any atom is 0.171 e. The summed E-state index contributed by atoms with van der Waals surface area (Å²) >= 11 is 5.89. The Labute approximate surface area is 126 Å². The third-order valence-corrected chi connectivity index (χ3v) is 3.63. The first kappa shape index (κ1) is 15.3. The average molecular weight is 309 g/mol. The molecular formula is C16H14ClFO3. The SMILES string of the molecule is CCc1cc(C(=O)Cc2c(F)cccc2Cl)c(O)cc1O. The second-order valence-electron chi connectivity index (χ2n) is 4.65.